The first-order valence-corrected chi connectivity index (χ1v) is 7.44. The Morgan fingerprint density at radius 1 is 1.05 bits per heavy atom. The molecule has 0 heterocycles. The molecule has 0 aromatic carbocycles. The van der Waals surface area contributed by atoms with Crippen LogP contribution in [-0.4, -0.2) is 40.5 Å². The van der Waals surface area contributed by atoms with Gasteiger partial charge in [0.05, 0.1) is 11.6 Å². The third kappa shape index (κ3) is 6.47. The minimum atomic E-state index is -0.617. The number of esters is 1. The Hall–Kier alpha value is -1.56. The Balaban J connectivity index is 2.82. The van der Waals surface area contributed by atoms with E-state index < -0.39 is 17.3 Å². The molecular formula is C16H27NO5. The van der Waals surface area contributed by atoms with Crippen LogP contribution < -0.4 is 0 Å². The number of carbonyl (C=O) groups excluding carboxylic acids is 2. The van der Waals surface area contributed by atoms with Crippen molar-refractivity contribution in [2.75, 3.05) is 0 Å². The van der Waals surface area contributed by atoms with Gasteiger partial charge in [-0.15, -0.1) is 0 Å². The van der Waals surface area contributed by atoms with Crippen LogP contribution in [0.2, 0.25) is 0 Å². The van der Waals surface area contributed by atoms with Crippen molar-refractivity contribution in [1.29, 1.82) is 0 Å². The second-order valence-electron chi connectivity index (χ2n) is 7.35. The molecule has 0 aromatic rings. The third-order valence-electron chi connectivity index (χ3n) is 2.59. The van der Waals surface area contributed by atoms with Gasteiger partial charge in [0.15, 0.2) is 0 Å². The average Bonchev–Trinajstić information content (AvgIpc) is 2.69. The number of amides is 1. The Kier molecular flexibility index (Phi) is 5.62. The number of carbonyl (C=O) groups is 2. The summed E-state index contributed by atoms with van der Waals surface area (Å²) in [7, 11) is 0. The number of hydrogen-bond donors (Lipinski definition) is 0. The summed E-state index contributed by atoms with van der Waals surface area (Å²) in [6.45, 7) is 12.3. The van der Waals surface area contributed by atoms with Crippen molar-refractivity contribution in [1.82, 2.24) is 5.06 Å². The van der Waals surface area contributed by atoms with Crippen molar-refractivity contribution in [3.05, 3.63) is 12.2 Å². The SMILES string of the molecule is CC(=O)O[C@@H]1C=CC(N(OC(C)(C)C)C(=O)OC(C)(C)C)C1. The smallest absolute Gasteiger partial charge is 0.435 e. The Morgan fingerprint density at radius 3 is 2.09 bits per heavy atom. The van der Waals surface area contributed by atoms with E-state index in [1.807, 2.05) is 20.8 Å². The van der Waals surface area contributed by atoms with E-state index in [1.165, 1.54) is 12.0 Å². The van der Waals surface area contributed by atoms with Crippen molar-refractivity contribution < 1.29 is 23.9 Å². The molecule has 0 spiro atoms. The molecule has 6 nitrogen and oxygen atoms in total. The molecule has 0 bridgehead atoms. The van der Waals surface area contributed by atoms with E-state index in [2.05, 4.69) is 0 Å². The van der Waals surface area contributed by atoms with Gasteiger partial charge >= 0.3 is 12.1 Å². The second kappa shape index (κ2) is 6.69. The Labute approximate surface area is 132 Å². The molecule has 0 N–H and O–H groups in total. The normalized spacial score (nSPS) is 21.6. The average molecular weight is 313 g/mol. The number of nitrogens with zero attached hydrogens (tertiary/aromatic N) is 1. The van der Waals surface area contributed by atoms with Crippen molar-refractivity contribution in [3.63, 3.8) is 0 Å². The van der Waals surface area contributed by atoms with E-state index in [9.17, 15) is 9.59 Å². The van der Waals surface area contributed by atoms with E-state index in [0.29, 0.717) is 6.42 Å². The summed E-state index contributed by atoms with van der Waals surface area (Å²) >= 11 is 0. The zero-order valence-electron chi connectivity index (χ0n) is 14.5. The molecule has 0 aliphatic heterocycles. The highest BCUT2D eigenvalue weighted by atomic mass is 16.7. The highest BCUT2D eigenvalue weighted by molar-refractivity contribution is 5.68. The Bertz CT molecular complexity index is 444. The minimum Gasteiger partial charge on any atom is -0.458 e. The molecule has 0 radical (unpaired) electrons. The number of rotatable bonds is 3. The molecule has 126 valence electrons. The molecular weight excluding hydrogens is 286 g/mol. The predicted molar refractivity (Wildman–Crippen MR) is 82.0 cm³/mol. The van der Waals surface area contributed by atoms with Crippen LogP contribution in [0.25, 0.3) is 0 Å². The lowest BCUT2D eigenvalue weighted by Crippen LogP contribution is -2.46. The molecule has 1 rings (SSSR count). The van der Waals surface area contributed by atoms with Gasteiger partial charge in [-0.2, -0.15) is 5.06 Å². The van der Waals surface area contributed by atoms with Gasteiger partial charge in [0, 0.05) is 13.3 Å². The standard InChI is InChI=1S/C16H27NO5/c1-11(18)20-13-9-8-12(10-13)17(22-16(5,6)7)14(19)21-15(2,3)4/h8-9,12-13H,10H2,1-7H3/t12?,13-/m1/s1. The van der Waals surface area contributed by atoms with Gasteiger partial charge in [-0.1, -0.05) is 6.08 Å². The van der Waals surface area contributed by atoms with Crippen LogP contribution in [0.3, 0.4) is 0 Å². The van der Waals surface area contributed by atoms with Crippen molar-refractivity contribution in [3.8, 4) is 0 Å². The summed E-state index contributed by atoms with van der Waals surface area (Å²) < 4.78 is 10.5. The van der Waals surface area contributed by atoms with Crippen molar-refractivity contribution in [2.45, 2.75) is 78.2 Å². The summed E-state index contributed by atoms with van der Waals surface area (Å²) in [5.41, 5.74) is -1.17. The molecule has 1 aliphatic rings. The maximum Gasteiger partial charge on any atom is 0.435 e. The largest absolute Gasteiger partial charge is 0.458 e. The third-order valence-corrected chi connectivity index (χ3v) is 2.59. The molecule has 0 fully saturated rings. The van der Waals surface area contributed by atoms with E-state index >= 15 is 0 Å². The van der Waals surface area contributed by atoms with Crippen LogP contribution >= 0.6 is 0 Å². The molecule has 2 atom stereocenters. The lowest BCUT2D eigenvalue weighted by atomic mass is 10.2. The minimum absolute atomic E-state index is 0.335. The van der Waals surface area contributed by atoms with E-state index in [-0.39, 0.29) is 18.1 Å². The zero-order valence-corrected chi connectivity index (χ0v) is 14.5. The fourth-order valence-electron chi connectivity index (χ4n) is 1.96. The molecule has 22 heavy (non-hydrogen) atoms. The number of ether oxygens (including phenoxy) is 2. The summed E-state index contributed by atoms with van der Waals surface area (Å²) in [6.07, 6.45) is 3.10. The molecule has 0 saturated carbocycles. The van der Waals surface area contributed by atoms with Crippen LogP contribution in [0.15, 0.2) is 12.2 Å². The lowest BCUT2D eigenvalue weighted by Gasteiger charge is -2.34. The highest BCUT2D eigenvalue weighted by Crippen LogP contribution is 2.25. The van der Waals surface area contributed by atoms with Gasteiger partial charge in [0.2, 0.25) is 0 Å². The first kappa shape index (κ1) is 18.5. The molecule has 0 saturated heterocycles. The van der Waals surface area contributed by atoms with Crippen LogP contribution in [0.5, 0.6) is 0 Å². The number of hydrogen-bond acceptors (Lipinski definition) is 5. The van der Waals surface area contributed by atoms with Crippen LogP contribution in [-0.2, 0) is 19.1 Å². The second-order valence-corrected chi connectivity index (χ2v) is 7.35. The maximum absolute atomic E-state index is 12.4. The van der Waals surface area contributed by atoms with Crippen LogP contribution in [0.4, 0.5) is 4.79 Å². The topological polar surface area (TPSA) is 65.1 Å². The van der Waals surface area contributed by atoms with E-state index in [0.717, 1.165) is 0 Å². The first-order chi connectivity index (χ1) is 9.87. The fraction of sp³-hybridized carbons (Fsp3) is 0.750. The summed E-state index contributed by atoms with van der Waals surface area (Å²) in [6, 6.07) is -0.335. The maximum atomic E-state index is 12.4. The van der Waals surface area contributed by atoms with Crippen molar-refractivity contribution in [2.24, 2.45) is 0 Å². The van der Waals surface area contributed by atoms with E-state index in [4.69, 9.17) is 14.3 Å². The molecule has 1 amide bonds. The molecule has 6 heteroatoms. The molecule has 1 aliphatic carbocycles. The summed E-state index contributed by atoms with van der Waals surface area (Å²) in [5, 5.41) is 1.23. The summed E-state index contributed by atoms with van der Waals surface area (Å²) in [5.74, 6) is -0.351. The van der Waals surface area contributed by atoms with Gasteiger partial charge in [0.25, 0.3) is 0 Å². The van der Waals surface area contributed by atoms with Crippen molar-refractivity contribution >= 4 is 12.1 Å². The van der Waals surface area contributed by atoms with Gasteiger partial charge in [-0.25, -0.2) is 4.79 Å². The van der Waals surface area contributed by atoms with Gasteiger partial charge in [-0.3, -0.25) is 9.63 Å². The lowest BCUT2D eigenvalue weighted by molar-refractivity contribution is -0.224. The van der Waals surface area contributed by atoms with Crippen LogP contribution in [0, 0.1) is 0 Å². The predicted octanol–water partition coefficient (Wildman–Crippen LogP) is 3.21. The number of hydroxylamine groups is 2. The van der Waals surface area contributed by atoms with E-state index in [1.54, 1.807) is 32.9 Å². The van der Waals surface area contributed by atoms with Gasteiger partial charge in [0.1, 0.15) is 11.7 Å². The van der Waals surface area contributed by atoms with Crippen LogP contribution in [0.1, 0.15) is 54.9 Å². The first-order valence-electron chi connectivity index (χ1n) is 7.44. The van der Waals surface area contributed by atoms with Gasteiger partial charge < -0.3 is 9.47 Å². The molecule has 0 aromatic heterocycles. The van der Waals surface area contributed by atoms with Gasteiger partial charge in [-0.05, 0) is 47.6 Å². The zero-order chi connectivity index (χ0) is 17.1. The monoisotopic (exact) mass is 313 g/mol. The summed E-state index contributed by atoms with van der Waals surface area (Å²) in [4.78, 5) is 29.2. The quantitative estimate of drug-likeness (QED) is 0.455. The highest BCUT2D eigenvalue weighted by Gasteiger charge is 2.35. The Morgan fingerprint density at radius 2 is 1.64 bits per heavy atom. The molecule has 1 unspecified atom stereocenters. The fourth-order valence-corrected chi connectivity index (χ4v) is 1.96.